The second-order valence-corrected chi connectivity index (χ2v) is 4.19. The van der Waals surface area contributed by atoms with Crippen molar-refractivity contribution < 1.29 is 5.11 Å². The molecule has 0 unspecified atom stereocenters. The summed E-state index contributed by atoms with van der Waals surface area (Å²) in [5.74, 6) is 0.976. The summed E-state index contributed by atoms with van der Waals surface area (Å²) in [6.45, 7) is 2.49. The van der Waals surface area contributed by atoms with Crippen molar-refractivity contribution >= 4 is 17.4 Å². The minimum atomic E-state index is 0.267. The summed E-state index contributed by atoms with van der Waals surface area (Å²) in [7, 11) is 0. The molecule has 0 fully saturated rings. The van der Waals surface area contributed by atoms with Crippen LogP contribution in [0.3, 0.4) is 0 Å². The predicted octanol–water partition coefficient (Wildman–Crippen LogP) is 3.01. The molecule has 0 aliphatic heterocycles. The Hall–Kier alpha value is -1.81. The topological polar surface area (TPSA) is 58.0 Å². The van der Waals surface area contributed by atoms with E-state index in [4.69, 9.17) is 11.6 Å². The zero-order valence-corrected chi connectivity index (χ0v) is 10.8. The van der Waals surface area contributed by atoms with Gasteiger partial charge in [0.05, 0.1) is 0 Å². The number of aromatic hydroxyl groups is 1. The number of phenolic OH excluding ortho intramolecular Hbond substituents is 1. The van der Waals surface area contributed by atoms with E-state index >= 15 is 0 Å². The first-order valence-electron chi connectivity index (χ1n) is 5.72. The molecule has 0 bridgehead atoms. The van der Waals surface area contributed by atoms with E-state index in [0.717, 1.165) is 17.5 Å². The van der Waals surface area contributed by atoms with Crippen molar-refractivity contribution in [2.45, 2.75) is 19.9 Å². The van der Waals surface area contributed by atoms with Gasteiger partial charge in [0, 0.05) is 17.7 Å². The maximum absolute atomic E-state index is 9.67. The number of rotatable bonds is 4. The van der Waals surface area contributed by atoms with Crippen LogP contribution in [0.1, 0.15) is 18.1 Å². The molecule has 4 nitrogen and oxygen atoms in total. The second-order valence-electron chi connectivity index (χ2n) is 3.83. The maximum atomic E-state index is 9.67. The number of nitrogens with one attached hydrogen (secondary N) is 1. The molecule has 0 aliphatic rings. The molecule has 0 amide bonds. The predicted molar refractivity (Wildman–Crippen MR) is 71.9 cm³/mol. The van der Waals surface area contributed by atoms with Crippen LogP contribution in [0.4, 0.5) is 5.82 Å². The first-order chi connectivity index (χ1) is 8.72. The molecule has 0 radical (unpaired) electrons. The maximum Gasteiger partial charge on any atom is 0.137 e. The molecular formula is C13H14ClN3O. The van der Waals surface area contributed by atoms with E-state index in [1.54, 1.807) is 12.1 Å². The van der Waals surface area contributed by atoms with Gasteiger partial charge in [-0.05, 0) is 12.5 Å². The molecule has 0 saturated carbocycles. The van der Waals surface area contributed by atoms with Crippen molar-refractivity contribution in [2.75, 3.05) is 5.32 Å². The van der Waals surface area contributed by atoms with Crippen LogP contribution >= 0.6 is 11.6 Å². The molecule has 1 heterocycles. The van der Waals surface area contributed by atoms with E-state index in [0.29, 0.717) is 17.5 Å². The van der Waals surface area contributed by atoms with E-state index in [-0.39, 0.29) is 5.75 Å². The van der Waals surface area contributed by atoms with Crippen molar-refractivity contribution in [3.05, 3.63) is 46.9 Å². The summed E-state index contributed by atoms with van der Waals surface area (Å²) in [6.07, 6.45) is 2.18. The van der Waals surface area contributed by atoms with Gasteiger partial charge < -0.3 is 10.4 Å². The highest BCUT2D eigenvalue weighted by atomic mass is 35.5. The van der Waals surface area contributed by atoms with Crippen LogP contribution in [-0.4, -0.2) is 15.1 Å². The summed E-state index contributed by atoms with van der Waals surface area (Å²) in [5.41, 5.74) is 1.70. The van der Waals surface area contributed by atoms with Gasteiger partial charge in [0.15, 0.2) is 0 Å². The minimum Gasteiger partial charge on any atom is -0.508 e. The van der Waals surface area contributed by atoms with Gasteiger partial charge in [0.25, 0.3) is 0 Å². The Morgan fingerprint density at radius 2 is 2.06 bits per heavy atom. The van der Waals surface area contributed by atoms with Crippen molar-refractivity contribution in [3.8, 4) is 5.75 Å². The molecule has 2 aromatic rings. The fourth-order valence-corrected chi connectivity index (χ4v) is 1.96. The second kappa shape index (κ2) is 5.69. The first kappa shape index (κ1) is 12.6. The number of hydrogen-bond donors (Lipinski definition) is 2. The Labute approximate surface area is 111 Å². The lowest BCUT2D eigenvalue weighted by Crippen LogP contribution is -2.05. The smallest absolute Gasteiger partial charge is 0.137 e. The van der Waals surface area contributed by atoms with Gasteiger partial charge in [0.2, 0.25) is 0 Å². The molecule has 2 rings (SSSR count). The molecule has 5 heteroatoms. The Morgan fingerprint density at radius 3 is 2.78 bits per heavy atom. The molecule has 94 valence electrons. The molecule has 2 N–H and O–H groups in total. The SMILES string of the molecule is CCc1c(Cl)ncnc1NCc1ccccc1O. The summed E-state index contributed by atoms with van der Waals surface area (Å²) >= 11 is 6.00. The van der Waals surface area contributed by atoms with Crippen molar-refractivity contribution in [3.63, 3.8) is 0 Å². The van der Waals surface area contributed by atoms with Gasteiger partial charge in [-0.2, -0.15) is 0 Å². The Kier molecular flexibility index (Phi) is 3.99. The monoisotopic (exact) mass is 263 g/mol. The van der Waals surface area contributed by atoms with Crippen LogP contribution in [-0.2, 0) is 13.0 Å². The summed E-state index contributed by atoms with van der Waals surface area (Å²) in [5, 5.41) is 13.3. The van der Waals surface area contributed by atoms with Crippen LogP contribution in [0.2, 0.25) is 5.15 Å². The third-order valence-electron chi connectivity index (χ3n) is 2.68. The van der Waals surface area contributed by atoms with E-state index in [9.17, 15) is 5.11 Å². The fraction of sp³-hybridized carbons (Fsp3) is 0.231. The van der Waals surface area contributed by atoms with Gasteiger partial charge >= 0.3 is 0 Å². The van der Waals surface area contributed by atoms with Crippen LogP contribution in [0.15, 0.2) is 30.6 Å². The number of nitrogens with zero attached hydrogens (tertiary/aromatic N) is 2. The third-order valence-corrected chi connectivity index (χ3v) is 3.01. The van der Waals surface area contributed by atoms with Crippen LogP contribution in [0, 0.1) is 0 Å². The molecule has 0 atom stereocenters. The molecule has 0 spiro atoms. The molecule has 1 aromatic carbocycles. The van der Waals surface area contributed by atoms with E-state index < -0.39 is 0 Å². The molecular weight excluding hydrogens is 250 g/mol. The minimum absolute atomic E-state index is 0.267. The van der Waals surface area contributed by atoms with Gasteiger partial charge in [-0.1, -0.05) is 36.7 Å². The van der Waals surface area contributed by atoms with Crippen molar-refractivity contribution in [1.82, 2.24) is 9.97 Å². The number of para-hydroxylation sites is 1. The number of halogens is 1. The summed E-state index contributed by atoms with van der Waals surface area (Å²) < 4.78 is 0. The van der Waals surface area contributed by atoms with Crippen LogP contribution < -0.4 is 5.32 Å². The van der Waals surface area contributed by atoms with Crippen molar-refractivity contribution in [2.24, 2.45) is 0 Å². The standard InChI is InChI=1S/C13H14ClN3O/c1-2-10-12(14)16-8-17-13(10)15-7-9-5-3-4-6-11(9)18/h3-6,8,18H,2,7H2,1H3,(H,15,16,17). The molecule has 18 heavy (non-hydrogen) atoms. The summed E-state index contributed by atoms with van der Waals surface area (Å²) in [6, 6.07) is 7.18. The lowest BCUT2D eigenvalue weighted by atomic mass is 10.2. The number of benzene rings is 1. The number of hydrogen-bond acceptors (Lipinski definition) is 4. The van der Waals surface area contributed by atoms with Crippen molar-refractivity contribution in [1.29, 1.82) is 0 Å². The largest absolute Gasteiger partial charge is 0.508 e. The lowest BCUT2D eigenvalue weighted by Gasteiger charge is -2.11. The Balaban J connectivity index is 2.16. The first-order valence-corrected chi connectivity index (χ1v) is 6.10. The average Bonchev–Trinajstić information content (AvgIpc) is 2.38. The molecule has 0 aliphatic carbocycles. The lowest BCUT2D eigenvalue weighted by molar-refractivity contribution is 0.469. The zero-order valence-electron chi connectivity index (χ0n) is 10.0. The van der Waals surface area contributed by atoms with Crippen LogP contribution in [0.5, 0.6) is 5.75 Å². The number of aromatic nitrogens is 2. The zero-order chi connectivity index (χ0) is 13.0. The highest BCUT2D eigenvalue weighted by Gasteiger charge is 2.08. The van der Waals surface area contributed by atoms with E-state index in [1.165, 1.54) is 6.33 Å². The average molecular weight is 264 g/mol. The number of anilines is 1. The third kappa shape index (κ3) is 2.71. The van der Waals surface area contributed by atoms with Crippen LogP contribution in [0.25, 0.3) is 0 Å². The van der Waals surface area contributed by atoms with E-state index in [1.807, 2.05) is 19.1 Å². The quantitative estimate of drug-likeness (QED) is 0.833. The van der Waals surface area contributed by atoms with E-state index in [2.05, 4.69) is 15.3 Å². The fourth-order valence-electron chi connectivity index (χ4n) is 1.70. The Bertz CT molecular complexity index is 546. The van der Waals surface area contributed by atoms with Gasteiger partial charge in [-0.25, -0.2) is 9.97 Å². The summed E-state index contributed by atoms with van der Waals surface area (Å²) in [4.78, 5) is 8.11. The number of phenols is 1. The molecule has 0 saturated heterocycles. The van der Waals surface area contributed by atoms with Gasteiger partial charge in [-0.15, -0.1) is 0 Å². The normalized spacial score (nSPS) is 10.3. The van der Waals surface area contributed by atoms with Gasteiger partial charge in [-0.3, -0.25) is 0 Å². The van der Waals surface area contributed by atoms with Gasteiger partial charge in [0.1, 0.15) is 23.0 Å². The Morgan fingerprint density at radius 1 is 1.28 bits per heavy atom. The highest BCUT2D eigenvalue weighted by Crippen LogP contribution is 2.22. The highest BCUT2D eigenvalue weighted by molar-refractivity contribution is 6.30. The molecule has 1 aromatic heterocycles.